The second-order valence-electron chi connectivity index (χ2n) is 9.98. The molecular formula is C31H28Cl2F2N2O4S. The Bertz CT molecular complexity index is 1670. The van der Waals surface area contributed by atoms with E-state index >= 15 is 0 Å². The Morgan fingerprint density at radius 3 is 1.71 bits per heavy atom. The number of carbonyl (C=O) groups excluding carboxylic acids is 1. The van der Waals surface area contributed by atoms with Gasteiger partial charge in [0, 0.05) is 36.3 Å². The molecule has 0 aliphatic heterocycles. The van der Waals surface area contributed by atoms with Crippen molar-refractivity contribution in [3.05, 3.63) is 129 Å². The van der Waals surface area contributed by atoms with Crippen LogP contribution in [0.4, 0.5) is 8.78 Å². The fraction of sp³-hybridized carbons (Fsp3) is 0.194. The van der Waals surface area contributed by atoms with E-state index in [1.807, 2.05) is 13.8 Å². The molecule has 4 rings (SSSR count). The van der Waals surface area contributed by atoms with Gasteiger partial charge in [-0.1, -0.05) is 59.6 Å². The monoisotopic (exact) mass is 632 g/mol. The molecule has 0 aliphatic rings. The van der Waals surface area contributed by atoms with Gasteiger partial charge in [-0.15, -0.1) is 0 Å². The number of halogens is 4. The molecule has 4 aromatic rings. The number of carbonyl (C=O) groups is 1. The van der Waals surface area contributed by atoms with Crippen LogP contribution in [0.1, 0.15) is 40.9 Å². The fourth-order valence-electron chi connectivity index (χ4n) is 4.29. The Kier molecular flexibility index (Phi) is 9.89. The number of benzene rings is 4. The van der Waals surface area contributed by atoms with E-state index in [9.17, 15) is 27.1 Å². The zero-order valence-corrected chi connectivity index (χ0v) is 25.1. The van der Waals surface area contributed by atoms with Gasteiger partial charge in [-0.25, -0.2) is 17.2 Å². The van der Waals surface area contributed by atoms with Crippen LogP contribution < -0.4 is 0 Å². The van der Waals surface area contributed by atoms with Gasteiger partial charge < -0.3 is 10.0 Å². The molecule has 11 heteroatoms. The molecule has 1 N–H and O–H groups in total. The molecule has 0 heterocycles. The summed E-state index contributed by atoms with van der Waals surface area (Å²) in [6, 6.07) is 20.0. The first-order valence-corrected chi connectivity index (χ1v) is 15.1. The van der Waals surface area contributed by atoms with Crippen LogP contribution in [0.15, 0.2) is 89.8 Å². The van der Waals surface area contributed by atoms with Crippen molar-refractivity contribution in [3.63, 3.8) is 0 Å². The number of rotatable bonds is 10. The standard InChI is InChI=1S/C31H28Cl2F2N2O4S/c1-20(2)37(19-23-7-13-27(35)14-8-23)31(39)24-9-3-21(4-10-24)17-36(18-22-5-11-26(34)12-6-22)42(40,41)29-16-25(32)15-28(33)30(29)38/h3-16,20,38H,17-19H2,1-2H3. The SMILES string of the molecule is CC(C)N(Cc1ccc(F)cc1)C(=O)c1ccc(CN(Cc2ccc(F)cc2)S(=O)(=O)c2cc(Cl)cc(Cl)c2O)cc1. The van der Waals surface area contributed by atoms with Crippen LogP contribution >= 0.6 is 23.2 Å². The second-order valence-corrected chi connectivity index (χ2v) is 12.7. The molecule has 6 nitrogen and oxygen atoms in total. The molecule has 220 valence electrons. The highest BCUT2D eigenvalue weighted by Crippen LogP contribution is 2.36. The summed E-state index contributed by atoms with van der Waals surface area (Å²) < 4.78 is 55.5. The molecule has 42 heavy (non-hydrogen) atoms. The van der Waals surface area contributed by atoms with Crippen molar-refractivity contribution in [1.82, 2.24) is 9.21 Å². The van der Waals surface area contributed by atoms with Crippen LogP contribution in [0.25, 0.3) is 0 Å². The zero-order valence-electron chi connectivity index (χ0n) is 22.8. The minimum absolute atomic E-state index is 0.0244. The number of phenols is 1. The highest BCUT2D eigenvalue weighted by molar-refractivity contribution is 7.89. The molecule has 0 bridgehead atoms. The number of phenolic OH excluding ortho intramolecular Hbond substituents is 1. The molecule has 0 saturated heterocycles. The first-order chi connectivity index (χ1) is 19.8. The Morgan fingerprint density at radius 2 is 1.24 bits per heavy atom. The van der Waals surface area contributed by atoms with Gasteiger partial charge in [0.05, 0.1) is 5.02 Å². The van der Waals surface area contributed by atoms with Gasteiger partial charge in [0.15, 0.2) is 5.75 Å². The quantitative estimate of drug-likeness (QED) is 0.197. The lowest BCUT2D eigenvalue weighted by Crippen LogP contribution is -2.36. The predicted molar refractivity (Wildman–Crippen MR) is 159 cm³/mol. The molecule has 4 aromatic carbocycles. The van der Waals surface area contributed by atoms with Gasteiger partial charge in [-0.05, 0) is 79.1 Å². The third-order valence-electron chi connectivity index (χ3n) is 6.59. The number of nitrogens with zero attached hydrogens (tertiary/aromatic N) is 2. The molecule has 0 fully saturated rings. The third kappa shape index (κ3) is 7.46. The third-order valence-corrected chi connectivity index (χ3v) is 8.90. The Hall–Kier alpha value is -3.50. The minimum Gasteiger partial charge on any atom is -0.505 e. The van der Waals surface area contributed by atoms with Crippen LogP contribution in [0, 0.1) is 11.6 Å². The van der Waals surface area contributed by atoms with Gasteiger partial charge >= 0.3 is 0 Å². The largest absolute Gasteiger partial charge is 0.505 e. The number of hydrogen-bond donors (Lipinski definition) is 1. The topological polar surface area (TPSA) is 77.9 Å². The summed E-state index contributed by atoms with van der Waals surface area (Å²) >= 11 is 12.1. The van der Waals surface area contributed by atoms with Crippen molar-refractivity contribution in [2.75, 3.05) is 0 Å². The number of amides is 1. The molecule has 0 saturated carbocycles. The summed E-state index contributed by atoms with van der Waals surface area (Å²) in [4.78, 5) is 14.5. The van der Waals surface area contributed by atoms with Gasteiger partial charge in [0.2, 0.25) is 10.0 Å². The van der Waals surface area contributed by atoms with Gasteiger partial charge in [-0.3, -0.25) is 4.79 Å². The average molecular weight is 634 g/mol. The van der Waals surface area contributed by atoms with Gasteiger partial charge in [0.1, 0.15) is 16.5 Å². The van der Waals surface area contributed by atoms with Crippen LogP contribution in [0.5, 0.6) is 5.75 Å². The molecule has 0 spiro atoms. The lowest BCUT2D eigenvalue weighted by atomic mass is 10.1. The molecule has 1 amide bonds. The smallest absolute Gasteiger partial charge is 0.254 e. The summed E-state index contributed by atoms with van der Waals surface area (Å²) in [5, 5.41) is 10.3. The maximum Gasteiger partial charge on any atom is 0.254 e. The maximum absolute atomic E-state index is 13.8. The van der Waals surface area contributed by atoms with Crippen molar-refractivity contribution in [1.29, 1.82) is 0 Å². The van der Waals surface area contributed by atoms with E-state index in [2.05, 4.69) is 0 Å². The van der Waals surface area contributed by atoms with E-state index in [4.69, 9.17) is 23.2 Å². The summed E-state index contributed by atoms with van der Waals surface area (Å²) in [5.74, 6) is -1.71. The summed E-state index contributed by atoms with van der Waals surface area (Å²) in [5.41, 5.74) is 2.23. The second kappa shape index (κ2) is 13.2. The fourth-order valence-corrected chi connectivity index (χ4v) is 6.46. The van der Waals surface area contributed by atoms with Crippen LogP contribution in [0.3, 0.4) is 0 Å². The van der Waals surface area contributed by atoms with Crippen LogP contribution in [0.2, 0.25) is 10.0 Å². The average Bonchev–Trinajstić information content (AvgIpc) is 2.95. The Balaban J connectivity index is 1.62. The van der Waals surface area contributed by atoms with E-state index in [0.717, 1.165) is 15.9 Å². The summed E-state index contributed by atoms with van der Waals surface area (Å²) in [6.45, 7) is 3.76. The van der Waals surface area contributed by atoms with E-state index in [-0.39, 0.29) is 47.4 Å². The molecule has 0 aliphatic carbocycles. The first kappa shape index (κ1) is 31.4. The van der Waals surface area contributed by atoms with Crippen molar-refractivity contribution in [2.24, 2.45) is 0 Å². The molecule has 0 atom stereocenters. The van der Waals surface area contributed by atoms with Crippen LogP contribution in [-0.4, -0.2) is 34.7 Å². The van der Waals surface area contributed by atoms with E-state index in [0.29, 0.717) is 16.7 Å². The molecule has 0 unspecified atom stereocenters. The molecular weight excluding hydrogens is 605 g/mol. The number of aromatic hydroxyl groups is 1. The van der Waals surface area contributed by atoms with E-state index < -0.39 is 26.5 Å². The van der Waals surface area contributed by atoms with Gasteiger partial charge in [0.25, 0.3) is 5.91 Å². The minimum atomic E-state index is -4.35. The molecule has 0 aromatic heterocycles. The van der Waals surface area contributed by atoms with E-state index in [1.54, 1.807) is 41.3 Å². The predicted octanol–water partition coefficient (Wildman–Crippen LogP) is 7.42. The van der Waals surface area contributed by atoms with Crippen molar-refractivity contribution < 1.29 is 27.1 Å². The maximum atomic E-state index is 13.8. The number of hydrogen-bond acceptors (Lipinski definition) is 4. The Labute approximate surface area is 253 Å². The summed E-state index contributed by atoms with van der Waals surface area (Å²) in [6.07, 6.45) is 0. The van der Waals surface area contributed by atoms with Gasteiger partial charge in [-0.2, -0.15) is 4.31 Å². The van der Waals surface area contributed by atoms with E-state index in [1.165, 1.54) is 42.5 Å². The lowest BCUT2D eigenvalue weighted by Gasteiger charge is -2.27. The van der Waals surface area contributed by atoms with Crippen LogP contribution in [-0.2, 0) is 29.7 Å². The van der Waals surface area contributed by atoms with Crippen molar-refractivity contribution in [3.8, 4) is 5.75 Å². The number of sulfonamides is 1. The first-order valence-electron chi connectivity index (χ1n) is 12.9. The highest BCUT2D eigenvalue weighted by Gasteiger charge is 2.30. The normalized spacial score (nSPS) is 11.7. The zero-order chi connectivity index (χ0) is 30.6. The lowest BCUT2D eigenvalue weighted by molar-refractivity contribution is 0.0690. The Morgan fingerprint density at radius 1 is 0.786 bits per heavy atom. The van der Waals surface area contributed by atoms with Crippen molar-refractivity contribution >= 4 is 39.1 Å². The summed E-state index contributed by atoms with van der Waals surface area (Å²) in [7, 11) is -4.35. The highest BCUT2D eigenvalue weighted by atomic mass is 35.5. The molecule has 0 radical (unpaired) electrons. The van der Waals surface area contributed by atoms with Crippen molar-refractivity contribution in [2.45, 2.75) is 44.4 Å².